The van der Waals surface area contributed by atoms with Crippen LogP contribution < -0.4 is 4.72 Å². The van der Waals surface area contributed by atoms with Crippen LogP contribution >= 0.6 is 0 Å². The average molecular weight is 357 g/mol. The van der Waals surface area contributed by atoms with E-state index in [0.29, 0.717) is 37.3 Å². The van der Waals surface area contributed by atoms with E-state index < -0.39 is 14.9 Å². The fraction of sp³-hybridized carbons (Fsp3) is 0.600. The number of nitro benzene ring substituents is 1. The molecule has 8 nitrogen and oxygen atoms in total. The summed E-state index contributed by atoms with van der Waals surface area (Å²) in [7, 11) is -3.77. The lowest BCUT2D eigenvalue weighted by molar-refractivity contribution is -0.385. The Morgan fingerprint density at radius 1 is 1.29 bits per heavy atom. The van der Waals surface area contributed by atoms with Crippen molar-refractivity contribution in [1.29, 1.82) is 0 Å². The number of aryl methyl sites for hydroxylation is 1. The van der Waals surface area contributed by atoms with Gasteiger partial charge in [0.05, 0.1) is 23.0 Å². The summed E-state index contributed by atoms with van der Waals surface area (Å²) in [4.78, 5) is 12.6. The molecule has 0 aromatic heterocycles. The van der Waals surface area contributed by atoms with Crippen LogP contribution in [0.2, 0.25) is 0 Å². The Labute approximate surface area is 142 Å². The summed E-state index contributed by atoms with van der Waals surface area (Å²) in [5, 5.41) is 11.0. The van der Waals surface area contributed by atoms with Gasteiger partial charge in [0, 0.05) is 31.8 Å². The fourth-order valence-electron chi connectivity index (χ4n) is 2.60. The maximum atomic E-state index is 12.5. The van der Waals surface area contributed by atoms with Crippen LogP contribution in [0.1, 0.15) is 17.5 Å². The first-order valence-corrected chi connectivity index (χ1v) is 9.35. The Bertz CT molecular complexity index is 699. The first-order chi connectivity index (χ1) is 11.3. The van der Waals surface area contributed by atoms with Gasteiger partial charge in [-0.05, 0) is 37.9 Å². The van der Waals surface area contributed by atoms with Gasteiger partial charge in [0.1, 0.15) is 0 Å². The number of sulfonamides is 1. The van der Waals surface area contributed by atoms with Gasteiger partial charge < -0.3 is 4.74 Å². The van der Waals surface area contributed by atoms with Gasteiger partial charge in [-0.25, -0.2) is 13.1 Å². The monoisotopic (exact) mass is 357 g/mol. The molecule has 9 heteroatoms. The molecule has 1 fully saturated rings. The van der Waals surface area contributed by atoms with Gasteiger partial charge in [0.2, 0.25) is 10.0 Å². The van der Waals surface area contributed by atoms with Crippen LogP contribution in [0.3, 0.4) is 0 Å². The van der Waals surface area contributed by atoms with Crippen molar-refractivity contribution < 1.29 is 18.1 Å². The summed E-state index contributed by atoms with van der Waals surface area (Å²) < 4.78 is 32.7. The van der Waals surface area contributed by atoms with Gasteiger partial charge >= 0.3 is 0 Å². The third-order valence-corrected chi connectivity index (χ3v) is 5.74. The van der Waals surface area contributed by atoms with Crippen molar-refractivity contribution in [3.63, 3.8) is 0 Å². The highest BCUT2D eigenvalue weighted by molar-refractivity contribution is 7.89. The molecule has 0 amide bonds. The zero-order valence-corrected chi connectivity index (χ0v) is 14.8. The van der Waals surface area contributed by atoms with Crippen molar-refractivity contribution in [2.75, 3.05) is 39.4 Å². The molecule has 0 bridgehead atoms. The molecule has 1 aliphatic rings. The standard InChI is InChI=1S/C15H23N3O5S/c1-12-10-14(18(19)20)11-15(13(12)2)24(21,22)16-4-3-5-17-6-8-23-9-7-17/h10-11,16H,3-9H2,1-2H3. The molecule has 0 radical (unpaired) electrons. The van der Waals surface area contributed by atoms with E-state index >= 15 is 0 Å². The molecule has 1 aromatic carbocycles. The number of hydrogen-bond acceptors (Lipinski definition) is 6. The molecule has 0 spiro atoms. The van der Waals surface area contributed by atoms with Crippen molar-refractivity contribution in [2.24, 2.45) is 0 Å². The summed E-state index contributed by atoms with van der Waals surface area (Å²) >= 11 is 0. The number of non-ortho nitro benzene ring substituents is 1. The van der Waals surface area contributed by atoms with Crippen molar-refractivity contribution in [3.8, 4) is 0 Å². The average Bonchev–Trinajstić information content (AvgIpc) is 2.54. The Balaban J connectivity index is 2.00. The van der Waals surface area contributed by atoms with Crippen molar-refractivity contribution >= 4 is 15.7 Å². The van der Waals surface area contributed by atoms with Gasteiger partial charge in [-0.2, -0.15) is 0 Å². The van der Waals surface area contributed by atoms with Crippen molar-refractivity contribution in [3.05, 3.63) is 33.4 Å². The molecule has 1 aliphatic heterocycles. The quantitative estimate of drug-likeness (QED) is 0.447. The Hall–Kier alpha value is -1.55. The summed E-state index contributed by atoms with van der Waals surface area (Å²) in [6, 6.07) is 2.50. The van der Waals surface area contributed by atoms with Gasteiger partial charge in [-0.15, -0.1) is 0 Å². The van der Waals surface area contributed by atoms with Crippen LogP contribution in [0.25, 0.3) is 0 Å². The lowest BCUT2D eigenvalue weighted by atomic mass is 10.1. The topological polar surface area (TPSA) is 102 Å². The molecule has 0 aliphatic carbocycles. The number of benzene rings is 1. The van der Waals surface area contributed by atoms with Crippen LogP contribution in [-0.4, -0.2) is 57.6 Å². The van der Waals surface area contributed by atoms with Crippen LogP contribution in [0.15, 0.2) is 17.0 Å². The molecule has 134 valence electrons. The highest BCUT2D eigenvalue weighted by Gasteiger charge is 2.22. The van der Waals surface area contributed by atoms with E-state index in [1.54, 1.807) is 13.8 Å². The van der Waals surface area contributed by atoms with Gasteiger partial charge in [-0.3, -0.25) is 15.0 Å². The van der Waals surface area contributed by atoms with E-state index in [2.05, 4.69) is 9.62 Å². The SMILES string of the molecule is Cc1cc([N+](=O)[O-])cc(S(=O)(=O)NCCCN2CCOCC2)c1C. The minimum atomic E-state index is -3.77. The third kappa shape index (κ3) is 4.73. The fourth-order valence-corrected chi connectivity index (χ4v) is 4.01. The smallest absolute Gasteiger partial charge is 0.271 e. The molecule has 0 unspecified atom stereocenters. The van der Waals surface area contributed by atoms with E-state index in [9.17, 15) is 18.5 Å². The van der Waals surface area contributed by atoms with E-state index in [1.165, 1.54) is 6.07 Å². The lowest BCUT2D eigenvalue weighted by Crippen LogP contribution is -2.38. The molecule has 0 saturated carbocycles. The first kappa shape index (κ1) is 18.8. The second kappa shape index (κ2) is 8.02. The predicted molar refractivity (Wildman–Crippen MR) is 89.6 cm³/mol. The third-order valence-electron chi connectivity index (χ3n) is 4.15. The van der Waals surface area contributed by atoms with E-state index in [-0.39, 0.29) is 10.6 Å². The zero-order valence-electron chi connectivity index (χ0n) is 13.9. The van der Waals surface area contributed by atoms with E-state index in [4.69, 9.17) is 4.74 Å². The molecule has 1 saturated heterocycles. The van der Waals surface area contributed by atoms with Crippen LogP contribution in [0.4, 0.5) is 5.69 Å². The Morgan fingerprint density at radius 2 is 1.96 bits per heavy atom. The van der Waals surface area contributed by atoms with Gasteiger partial charge in [0.15, 0.2) is 0 Å². The van der Waals surface area contributed by atoms with Crippen LogP contribution in [0, 0.1) is 24.0 Å². The van der Waals surface area contributed by atoms with Crippen LogP contribution in [0.5, 0.6) is 0 Å². The van der Waals surface area contributed by atoms with E-state index in [1.807, 2.05) is 0 Å². The number of hydrogen-bond donors (Lipinski definition) is 1. The lowest BCUT2D eigenvalue weighted by Gasteiger charge is -2.26. The Kier molecular flexibility index (Phi) is 6.27. The highest BCUT2D eigenvalue weighted by atomic mass is 32.2. The normalized spacial score (nSPS) is 16.2. The van der Waals surface area contributed by atoms with Crippen molar-refractivity contribution in [2.45, 2.75) is 25.2 Å². The number of nitrogens with one attached hydrogen (secondary N) is 1. The number of ether oxygens (including phenoxy) is 1. The van der Waals surface area contributed by atoms with Crippen LogP contribution in [-0.2, 0) is 14.8 Å². The van der Waals surface area contributed by atoms with Gasteiger partial charge in [-0.1, -0.05) is 0 Å². The summed E-state index contributed by atoms with van der Waals surface area (Å²) in [5.41, 5.74) is 0.894. The molecule has 2 rings (SSSR count). The molecule has 1 N–H and O–H groups in total. The molecule has 1 heterocycles. The Morgan fingerprint density at radius 3 is 2.58 bits per heavy atom. The number of morpholine rings is 1. The largest absolute Gasteiger partial charge is 0.379 e. The van der Waals surface area contributed by atoms with Crippen molar-refractivity contribution in [1.82, 2.24) is 9.62 Å². The highest BCUT2D eigenvalue weighted by Crippen LogP contribution is 2.25. The second-order valence-electron chi connectivity index (χ2n) is 5.85. The summed E-state index contributed by atoms with van der Waals surface area (Å²) in [6.07, 6.45) is 0.673. The number of nitro groups is 1. The molecule has 24 heavy (non-hydrogen) atoms. The first-order valence-electron chi connectivity index (χ1n) is 7.86. The number of nitrogens with zero attached hydrogens (tertiary/aromatic N) is 2. The minimum Gasteiger partial charge on any atom is -0.379 e. The summed E-state index contributed by atoms with van der Waals surface area (Å²) in [6.45, 7) is 7.53. The summed E-state index contributed by atoms with van der Waals surface area (Å²) in [5.74, 6) is 0. The zero-order chi connectivity index (χ0) is 17.7. The minimum absolute atomic E-state index is 0.0272. The maximum absolute atomic E-state index is 12.5. The molecular weight excluding hydrogens is 334 g/mol. The molecule has 0 atom stereocenters. The van der Waals surface area contributed by atoms with E-state index in [0.717, 1.165) is 25.7 Å². The number of rotatable bonds is 7. The van der Waals surface area contributed by atoms with Gasteiger partial charge in [0.25, 0.3) is 5.69 Å². The molecule has 1 aromatic rings. The predicted octanol–water partition coefficient (Wildman–Crippen LogP) is 1.21. The molecular formula is C15H23N3O5S. The second-order valence-corrected chi connectivity index (χ2v) is 7.58. The maximum Gasteiger partial charge on any atom is 0.271 e.